The van der Waals surface area contributed by atoms with E-state index >= 15 is 0 Å². The van der Waals surface area contributed by atoms with Gasteiger partial charge < -0.3 is 24.3 Å². The van der Waals surface area contributed by atoms with Gasteiger partial charge in [0, 0.05) is 27.7 Å². The van der Waals surface area contributed by atoms with Gasteiger partial charge in [0.1, 0.15) is 18.8 Å². The van der Waals surface area contributed by atoms with Crippen LogP contribution in [-0.4, -0.2) is 61.1 Å². The first-order chi connectivity index (χ1) is 11.1. The molecule has 1 aliphatic rings. The smallest absolute Gasteiger partial charge is 0.303 e. The van der Waals surface area contributed by atoms with E-state index in [9.17, 15) is 23.6 Å². The van der Waals surface area contributed by atoms with E-state index in [1.165, 1.54) is 0 Å². The van der Waals surface area contributed by atoms with Gasteiger partial charge in [-0.25, -0.2) is 4.39 Å². The van der Waals surface area contributed by atoms with Crippen molar-refractivity contribution in [3.63, 3.8) is 0 Å². The maximum Gasteiger partial charge on any atom is 0.303 e. The fourth-order valence-electron chi connectivity index (χ4n) is 2.28. The minimum Gasteiger partial charge on any atom is -0.463 e. The summed E-state index contributed by atoms with van der Waals surface area (Å²) in [7, 11) is 0. The summed E-state index contributed by atoms with van der Waals surface area (Å²) in [5, 5.41) is 2.26. The molecule has 10 heteroatoms. The van der Waals surface area contributed by atoms with E-state index in [1.807, 2.05) is 0 Å². The van der Waals surface area contributed by atoms with Gasteiger partial charge in [0.25, 0.3) is 0 Å². The van der Waals surface area contributed by atoms with Crippen LogP contribution >= 0.6 is 0 Å². The Balaban J connectivity index is 3.11. The summed E-state index contributed by atoms with van der Waals surface area (Å²) in [4.78, 5) is 44.9. The fraction of sp³-hybridized carbons (Fsp3) is 0.714. The van der Waals surface area contributed by atoms with Gasteiger partial charge in [0.2, 0.25) is 12.3 Å². The Morgan fingerprint density at radius 3 is 1.96 bits per heavy atom. The zero-order chi connectivity index (χ0) is 18.4. The predicted octanol–water partition coefficient (Wildman–Crippen LogP) is -0.388. The Morgan fingerprint density at radius 1 is 0.958 bits per heavy atom. The van der Waals surface area contributed by atoms with Gasteiger partial charge in [0.05, 0.1) is 0 Å². The third kappa shape index (κ3) is 5.76. The van der Waals surface area contributed by atoms with Crippen molar-refractivity contribution in [2.24, 2.45) is 0 Å². The largest absolute Gasteiger partial charge is 0.463 e. The SMILES string of the molecule is CC(=O)NC1[C@@H](F)OC(COC(C)=O)[C@@H](OC(C)=O)[C@H]1OC(C)=O. The van der Waals surface area contributed by atoms with E-state index in [1.54, 1.807) is 0 Å². The molecule has 1 saturated heterocycles. The van der Waals surface area contributed by atoms with E-state index in [-0.39, 0.29) is 0 Å². The van der Waals surface area contributed by atoms with Crippen LogP contribution in [0.1, 0.15) is 27.7 Å². The molecule has 0 aromatic carbocycles. The number of alkyl halides is 1. The zero-order valence-electron chi connectivity index (χ0n) is 13.7. The van der Waals surface area contributed by atoms with Crippen molar-refractivity contribution in [3.05, 3.63) is 0 Å². The summed E-state index contributed by atoms with van der Waals surface area (Å²) >= 11 is 0. The topological polar surface area (TPSA) is 117 Å². The summed E-state index contributed by atoms with van der Waals surface area (Å²) in [6.45, 7) is 4.05. The number of hydrogen-bond acceptors (Lipinski definition) is 8. The fourth-order valence-corrected chi connectivity index (χ4v) is 2.28. The molecule has 24 heavy (non-hydrogen) atoms. The van der Waals surface area contributed by atoms with Crippen molar-refractivity contribution in [3.8, 4) is 0 Å². The molecule has 0 aliphatic carbocycles. The first kappa shape index (κ1) is 19.8. The van der Waals surface area contributed by atoms with E-state index in [0.29, 0.717) is 0 Å². The second-order valence-electron chi connectivity index (χ2n) is 5.20. The molecule has 0 bridgehead atoms. The van der Waals surface area contributed by atoms with Crippen molar-refractivity contribution in [1.82, 2.24) is 5.32 Å². The summed E-state index contributed by atoms with van der Waals surface area (Å²) in [6.07, 6.45) is -5.89. The quantitative estimate of drug-likeness (QED) is 0.527. The van der Waals surface area contributed by atoms with Crippen molar-refractivity contribution in [2.75, 3.05) is 6.61 Å². The molecule has 1 rings (SSSR count). The van der Waals surface area contributed by atoms with Crippen LogP contribution < -0.4 is 5.32 Å². The van der Waals surface area contributed by atoms with Gasteiger partial charge in [-0.1, -0.05) is 0 Å². The third-order valence-electron chi connectivity index (χ3n) is 3.06. The monoisotopic (exact) mass is 349 g/mol. The minimum absolute atomic E-state index is 0.418. The van der Waals surface area contributed by atoms with Crippen molar-refractivity contribution >= 4 is 23.8 Å². The van der Waals surface area contributed by atoms with E-state index in [2.05, 4.69) is 5.32 Å². The van der Waals surface area contributed by atoms with Crippen LogP contribution in [0, 0.1) is 0 Å². The van der Waals surface area contributed by atoms with Gasteiger partial charge in [0.15, 0.2) is 12.2 Å². The molecule has 0 saturated carbocycles. The number of amides is 1. The molecule has 2 unspecified atom stereocenters. The normalized spacial score (nSPS) is 29.3. The van der Waals surface area contributed by atoms with Gasteiger partial charge >= 0.3 is 17.9 Å². The van der Waals surface area contributed by atoms with Crippen LogP contribution in [0.3, 0.4) is 0 Å². The summed E-state index contributed by atoms with van der Waals surface area (Å²) in [5.74, 6) is -2.76. The predicted molar refractivity (Wildman–Crippen MR) is 75.1 cm³/mol. The molecule has 0 aromatic heterocycles. The maximum atomic E-state index is 14.3. The van der Waals surface area contributed by atoms with Crippen LogP contribution in [-0.2, 0) is 38.1 Å². The highest BCUT2D eigenvalue weighted by molar-refractivity contribution is 5.73. The Labute approximate surface area is 137 Å². The number of halogens is 1. The number of ether oxygens (including phenoxy) is 4. The van der Waals surface area contributed by atoms with Gasteiger partial charge in [-0.3, -0.25) is 19.2 Å². The first-order valence-electron chi connectivity index (χ1n) is 7.16. The molecular weight excluding hydrogens is 329 g/mol. The van der Waals surface area contributed by atoms with E-state index in [0.717, 1.165) is 27.7 Å². The number of rotatable bonds is 5. The van der Waals surface area contributed by atoms with Gasteiger partial charge in [-0.2, -0.15) is 0 Å². The van der Waals surface area contributed by atoms with Crippen molar-refractivity contribution in [2.45, 2.75) is 58.4 Å². The average Bonchev–Trinajstić information content (AvgIpc) is 2.42. The van der Waals surface area contributed by atoms with Gasteiger partial charge in [-0.05, 0) is 0 Å². The number of nitrogens with one attached hydrogen (secondary N) is 1. The number of carbonyl (C=O) groups excluding carboxylic acids is 4. The molecule has 0 radical (unpaired) electrons. The standard InChI is InChI=1S/C14H20FNO8/c1-6(17)16-11-13(23-9(4)20)12(22-8(3)19)10(24-14(11)15)5-21-7(2)18/h10-14H,5H2,1-4H3,(H,16,17)/t10?,11?,12-,13+,14+/m1/s1. The zero-order valence-corrected chi connectivity index (χ0v) is 13.7. The maximum absolute atomic E-state index is 14.3. The van der Waals surface area contributed by atoms with E-state index < -0.39 is 61.1 Å². The highest BCUT2D eigenvalue weighted by Crippen LogP contribution is 2.27. The number of carbonyl (C=O) groups is 4. The molecular formula is C14H20FNO8. The third-order valence-corrected chi connectivity index (χ3v) is 3.06. The summed E-state index contributed by atoms with van der Waals surface area (Å²) in [6, 6.07) is -1.38. The molecule has 1 fully saturated rings. The molecule has 136 valence electrons. The Kier molecular flexibility index (Phi) is 7.08. The van der Waals surface area contributed by atoms with Crippen LogP contribution in [0.15, 0.2) is 0 Å². The van der Waals surface area contributed by atoms with Crippen LogP contribution in [0.25, 0.3) is 0 Å². The molecule has 5 atom stereocenters. The lowest BCUT2D eigenvalue weighted by Crippen LogP contribution is -2.65. The molecule has 1 amide bonds. The Hall–Kier alpha value is -2.23. The lowest BCUT2D eigenvalue weighted by atomic mass is 9.96. The van der Waals surface area contributed by atoms with Crippen molar-refractivity contribution in [1.29, 1.82) is 0 Å². The Bertz CT molecular complexity index is 511. The average molecular weight is 349 g/mol. The molecule has 0 aromatic rings. The van der Waals surface area contributed by atoms with Crippen LogP contribution in [0.4, 0.5) is 4.39 Å². The van der Waals surface area contributed by atoms with E-state index in [4.69, 9.17) is 18.9 Å². The van der Waals surface area contributed by atoms with Crippen molar-refractivity contribution < 1.29 is 42.5 Å². The number of hydrogen-bond donors (Lipinski definition) is 1. The summed E-state index contributed by atoms with van der Waals surface area (Å²) in [5.41, 5.74) is 0. The molecule has 9 nitrogen and oxygen atoms in total. The van der Waals surface area contributed by atoms with Crippen LogP contribution in [0.5, 0.6) is 0 Å². The second kappa shape index (κ2) is 8.57. The number of esters is 3. The highest BCUT2D eigenvalue weighted by Gasteiger charge is 2.51. The molecule has 0 spiro atoms. The highest BCUT2D eigenvalue weighted by atomic mass is 19.1. The lowest BCUT2D eigenvalue weighted by Gasteiger charge is -2.42. The van der Waals surface area contributed by atoms with Gasteiger partial charge in [-0.15, -0.1) is 0 Å². The minimum atomic E-state index is -2.06. The lowest BCUT2D eigenvalue weighted by molar-refractivity contribution is -0.245. The summed E-state index contributed by atoms with van der Waals surface area (Å²) < 4.78 is 34.2. The molecule has 1 aliphatic heterocycles. The first-order valence-corrected chi connectivity index (χ1v) is 7.16. The molecule has 1 heterocycles. The molecule has 1 N–H and O–H groups in total. The Morgan fingerprint density at radius 2 is 1.50 bits per heavy atom. The second-order valence-corrected chi connectivity index (χ2v) is 5.20. The van der Waals surface area contributed by atoms with Crippen LogP contribution in [0.2, 0.25) is 0 Å².